The van der Waals surface area contributed by atoms with E-state index in [9.17, 15) is 15.3 Å². The fourth-order valence-corrected chi connectivity index (χ4v) is 13.9. The molecule has 6 aliphatic heterocycles. The van der Waals surface area contributed by atoms with Gasteiger partial charge >= 0.3 is 0 Å². The molecule has 0 radical (unpaired) electrons. The molecule has 10 atom stereocenters. The van der Waals surface area contributed by atoms with E-state index in [1.54, 1.807) is 7.11 Å². The summed E-state index contributed by atoms with van der Waals surface area (Å²) in [7, 11) is 1.73. The van der Waals surface area contributed by atoms with Crippen molar-refractivity contribution in [3.8, 4) is 51.9 Å². The van der Waals surface area contributed by atoms with Crippen LogP contribution in [0.1, 0.15) is 144 Å². The number of aliphatic hydroxyl groups is 2. The minimum atomic E-state index is -0.844. The normalized spacial score (nSPS) is 30.9. The molecular weight excluding hydrogens is 839 g/mol. The van der Waals surface area contributed by atoms with E-state index in [0.29, 0.717) is 73.8 Å². The molecule has 1 spiro atoms. The van der Waals surface area contributed by atoms with E-state index in [0.717, 1.165) is 89.8 Å². The summed E-state index contributed by atoms with van der Waals surface area (Å²) in [6, 6.07) is 12.1. The van der Waals surface area contributed by atoms with Gasteiger partial charge in [-0.15, -0.1) is 0 Å². The number of nitrogens with zero attached hydrogens (tertiary/aromatic N) is 1. The maximum absolute atomic E-state index is 12.4. The molecule has 3 aromatic carbocycles. The molecular formula is C57H73N3O7. The molecule has 67 heavy (non-hydrogen) atoms. The number of aliphatic hydroxyl groups excluding tert-OH is 2. The Bertz CT molecular complexity index is 2430. The van der Waals surface area contributed by atoms with Crippen LogP contribution in [0.25, 0.3) is 11.1 Å². The standard InChI is InChI=1S/C57H73N3O7/c1-5-34-25-37-13-12-36(34)26-41(61)11-8-21-59-56(58)60-22-17-45-54-35(16-20-57(45)18-6-7-19-57)10-9-23-65-48-15-14-38(30-50(48)67-54)55-47(63)31-44-49(66-55)32-51(64-4)53-43-28-40(24-33(2)3)46(62)29-39(43)27-42(37)52(44)53/h12-15,28-30,32-37,41-42,45,47,54-55,61-63H,5-8,10-11,16-22,24-27,31H2,1-4H3,(H3,58,59,60)/t34-,35+,36-,37-,41+,42+,45+,47-,54-,55+/m1/s1. The number of phenolic OH excluding ortho intramolecular Hbond substituents is 1. The quantitative estimate of drug-likeness (QED) is 0.127. The van der Waals surface area contributed by atoms with Crippen molar-refractivity contribution in [2.45, 2.75) is 154 Å². The van der Waals surface area contributed by atoms with Crippen molar-refractivity contribution in [2.24, 2.45) is 51.6 Å². The molecule has 0 unspecified atom stereocenters. The highest BCUT2D eigenvalue weighted by atomic mass is 16.5. The van der Waals surface area contributed by atoms with Gasteiger partial charge in [-0.2, -0.15) is 0 Å². The number of aromatic hydroxyl groups is 1. The number of guanidine groups is 1. The number of fused-ring (bicyclic) bond motifs is 2. The van der Waals surface area contributed by atoms with Crippen LogP contribution in [-0.2, 0) is 19.3 Å². The highest BCUT2D eigenvalue weighted by molar-refractivity contribution is 5.84. The number of phenols is 1. The van der Waals surface area contributed by atoms with Crippen molar-refractivity contribution < 1.29 is 34.3 Å². The van der Waals surface area contributed by atoms with Crippen LogP contribution < -0.4 is 30.0 Å². The van der Waals surface area contributed by atoms with Gasteiger partial charge in [0.15, 0.2) is 17.5 Å². The highest BCUT2D eigenvalue weighted by Crippen LogP contribution is 2.58. The second-order valence-electron chi connectivity index (χ2n) is 21.7. The SMILES string of the molecule is CC[C@@H]1C[C@H]2C=C[C@@H]1C[C@@H](O)CCCN=C(N)NCC[C@H]1[C@@H]3Oc4cc(ccc4OC#CC[C@H]3CCC13CCCC3)[C@@H]1Oc3cc(OC)c4c(c3C[C@H]1O)[C@H]2Cc1cc(O)c(CC(C)C)cc1-4. The Kier molecular flexibility index (Phi) is 13.2. The number of aliphatic imine (C=N–C) groups is 1. The van der Waals surface area contributed by atoms with Gasteiger partial charge in [-0.1, -0.05) is 64.2 Å². The molecule has 0 aromatic heterocycles. The van der Waals surface area contributed by atoms with Gasteiger partial charge in [0.2, 0.25) is 0 Å². The predicted molar refractivity (Wildman–Crippen MR) is 263 cm³/mol. The number of nitrogens with one attached hydrogen (secondary N) is 1. The number of hydrogen-bond acceptors (Lipinski definition) is 10. The van der Waals surface area contributed by atoms with Crippen LogP contribution in [0.2, 0.25) is 0 Å². The monoisotopic (exact) mass is 912 g/mol. The predicted octanol–water partition coefficient (Wildman–Crippen LogP) is 10.1. The van der Waals surface area contributed by atoms with Gasteiger partial charge in [-0.05, 0) is 158 Å². The van der Waals surface area contributed by atoms with Gasteiger partial charge in [-0.25, -0.2) is 0 Å². The average molecular weight is 912 g/mol. The summed E-state index contributed by atoms with van der Waals surface area (Å²) in [6.07, 6.45) is 20.5. The molecule has 2 fully saturated rings. The lowest BCUT2D eigenvalue weighted by molar-refractivity contribution is -0.0502. The van der Waals surface area contributed by atoms with Crippen molar-refractivity contribution in [3.63, 3.8) is 0 Å². The van der Waals surface area contributed by atoms with Crippen LogP contribution in [0, 0.1) is 52.9 Å². The molecule has 2 saturated carbocycles. The van der Waals surface area contributed by atoms with E-state index in [1.807, 2.05) is 30.3 Å². The number of rotatable bonds is 4. The number of benzene rings is 3. The first-order valence-corrected chi connectivity index (χ1v) is 25.8. The molecule has 3 aromatic rings. The molecule has 9 bridgehead atoms. The maximum Gasteiger partial charge on any atom is 0.188 e. The van der Waals surface area contributed by atoms with Crippen LogP contribution in [0.5, 0.6) is 28.7 Å². The highest BCUT2D eigenvalue weighted by Gasteiger charge is 2.51. The first-order chi connectivity index (χ1) is 32.5. The molecule has 10 nitrogen and oxygen atoms in total. The fraction of sp³-hybridized carbons (Fsp3) is 0.596. The lowest BCUT2D eigenvalue weighted by Crippen LogP contribution is -2.49. The van der Waals surface area contributed by atoms with Crippen LogP contribution in [-0.4, -0.2) is 59.8 Å². The third-order valence-corrected chi connectivity index (χ3v) is 17.2. The van der Waals surface area contributed by atoms with Gasteiger partial charge < -0.3 is 45.3 Å². The molecule has 358 valence electrons. The van der Waals surface area contributed by atoms with Gasteiger partial charge in [0.1, 0.15) is 35.6 Å². The third kappa shape index (κ3) is 9.00. The minimum Gasteiger partial charge on any atom is -0.508 e. The Labute approximate surface area is 398 Å². The second kappa shape index (κ2) is 19.3. The van der Waals surface area contributed by atoms with Gasteiger partial charge in [0.05, 0.1) is 19.3 Å². The number of hydrogen-bond donors (Lipinski definition) is 5. The molecule has 10 aliphatic rings. The Morgan fingerprint density at radius 2 is 1.78 bits per heavy atom. The van der Waals surface area contributed by atoms with Crippen molar-refractivity contribution in [1.29, 1.82) is 0 Å². The lowest BCUT2D eigenvalue weighted by Gasteiger charge is -2.49. The first-order valence-electron chi connectivity index (χ1n) is 25.8. The smallest absolute Gasteiger partial charge is 0.188 e. The Balaban J connectivity index is 1.08. The minimum absolute atomic E-state index is 0.0484. The van der Waals surface area contributed by atoms with Gasteiger partial charge in [0.25, 0.3) is 0 Å². The lowest BCUT2D eigenvalue weighted by atomic mass is 9.59. The second-order valence-corrected chi connectivity index (χ2v) is 21.7. The Morgan fingerprint density at radius 1 is 0.940 bits per heavy atom. The summed E-state index contributed by atoms with van der Waals surface area (Å²) in [5.41, 5.74) is 13.9. The molecule has 13 rings (SSSR count). The van der Waals surface area contributed by atoms with Crippen molar-refractivity contribution in [1.82, 2.24) is 5.32 Å². The first kappa shape index (κ1) is 45.9. The summed E-state index contributed by atoms with van der Waals surface area (Å²) in [6.45, 7) is 7.89. The maximum atomic E-state index is 12.4. The molecule has 0 amide bonds. The zero-order chi connectivity index (χ0) is 46.4. The third-order valence-electron chi connectivity index (χ3n) is 17.2. The summed E-state index contributed by atoms with van der Waals surface area (Å²) in [5.74, 6) is 8.60. The summed E-state index contributed by atoms with van der Waals surface area (Å²) in [5, 5.41) is 38.8. The van der Waals surface area contributed by atoms with Crippen LogP contribution in [0.3, 0.4) is 0 Å². The molecule has 6 N–H and O–H groups in total. The van der Waals surface area contributed by atoms with Crippen molar-refractivity contribution in [2.75, 3.05) is 20.2 Å². The number of allylic oxidation sites excluding steroid dienone is 2. The van der Waals surface area contributed by atoms with E-state index >= 15 is 0 Å². The summed E-state index contributed by atoms with van der Waals surface area (Å²) < 4.78 is 26.9. The number of nitrogens with two attached hydrogens (primary N) is 1. The molecule has 0 saturated heterocycles. The van der Waals surface area contributed by atoms with Crippen LogP contribution >= 0.6 is 0 Å². The van der Waals surface area contributed by atoms with Crippen molar-refractivity contribution in [3.05, 3.63) is 76.4 Å². The van der Waals surface area contributed by atoms with E-state index < -0.39 is 18.3 Å². The van der Waals surface area contributed by atoms with Gasteiger partial charge in [-0.3, -0.25) is 4.99 Å². The van der Waals surface area contributed by atoms with Crippen LogP contribution in [0.15, 0.2) is 53.5 Å². The zero-order valence-electron chi connectivity index (χ0n) is 40.2. The van der Waals surface area contributed by atoms with E-state index in [2.05, 4.69) is 56.3 Å². The van der Waals surface area contributed by atoms with E-state index in [4.69, 9.17) is 29.7 Å². The number of methoxy groups -OCH3 is 1. The van der Waals surface area contributed by atoms with Crippen LogP contribution in [0.4, 0.5) is 0 Å². The van der Waals surface area contributed by atoms with E-state index in [-0.39, 0.29) is 41.1 Å². The fourth-order valence-electron chi connectivity index (χ4n) is 13.9. The zero-order valence-corrected chi connectivity index (χ0v) is 40.2. The van der Waals surface area contributed by atoms with Crippen molar-refractivity contribution >= 4 is 5.96 Å². The molecule has 4 aliphatic carbocycles. The summed E-state index contributed by atoms with van der Waals surface area (Å²) in [4.78, 5) is 4.71. The molecule has 10 heteroatoms. The average Bonchev–Trinajstić information content (AvgIpc) is 3.81. The number of ether oxygens (including phenoxy) is 4. The van der Waals surface area contributed by atoms with E-state index in [1.165, 1.54) is 37.7 Å². The topological polar surface area (TPSA) is 148 Å². The Morgan fingerprint density at radius 3 is 2.58 bits per heavy atom. The molecule has 6 heterocycles. The van der Waals surface area contributed by atoms with Gasteiger partial charge in [0, 0.05) is 55.0 Å². The largest absolute Gasteiger partial charge is 0.508 e. The summed E-state index contributed by atoms with van der Waals surface area (Å²) >= 11 is 0. The Hall–Kier alpha value is -4.85.